The van der Waals surface area contributed by atoms with Gasteiger partial charge in [0.15, 0.2) is 0 Å². The fourth-order valence-corrected chi connectivity index (χ4v) is 2.70. The van der Waals surface area contributed by atoms with E-state index in [4.69, 9.17) is 10.5 Å². The van der Waals surface area contributed by atoms with Crippen LogP contribution < -0.4 is 10.5 Å². The minimum Gasteiger partial charge on any atom is -0.496 e. The Hall–Kier alpha value is -1.06. The van der Waals surface area contributed by atoms with Crippen LogP contribution in [-0.4, -0.2) is 24.6 Å². The maximum Gasteiger partial charge on any atom is 0.123 e. The number of rotatable bonds is 7. The van der Waals surface area contributed by atoms with Gasteiger partial charge in [0.25, 0.3) is 0 Å². The molecule has 0 radical (unpaired) electrons. The summed E-state index contributed by atoms with van der Waals surface area (Å²) in [6.45, 7) is 2.88. The van der Waals surface area contributed by atoms with Gasteiger partial charge in [0.05, 0.1) is 7.11 Å². The lowest BCUT2D eigenvalue weighted by atomic mass is 10.1. The molecular formula is C16H24N2O. The van der Waals surface area contributed by atoms with E-state index >= 15 is 0 Å². The van der Waals surface area contributed by atoms with Crippen molar-refractivity contribution in [2.45, 2.75) is 44.8 Å². The third-order valence-electron chi connectivity index (χ3n) is 4.21. The highest BCUT2D eigenvalue weighted by Crippen LogP contribution is 2.36. The number of methoxy groups -OCH3 is 1. The van der Waals surface area contributed by atoms with Crippen molar-refractivity contribution in [2.24, 2.45) is 11.7 Å². The van der Waals surface area contributed by atoms with Crippen LogP contribution in [0.15, 0.2) is 18.2 Å². The topological polar surface area (TPSA) is 38.5 Å². The average Bonchev–Trinajstić information content (AvgIpc) is 3.29. The normalized spacial score (nSPS) is 18.9. The first-order chi connectivity index (χ1) is 9.30. The molecule has 3 heteroatoms. The molecule has 2 aliphatic rings. The number of ether oxygens (including phenoxy) is 1. The maximum atomic E-state index is 5.72. The molecule has 0 aromatic heterocycles. The Kier molecular flexibility index (Phi) is 3.76. The van der Waals surface area contributed by atoms with Gasteiger partial charge in [-0.3, -0.25) is 4.90 Å². The van der Waals surface area contributed by atoms with Gasteiger partial charge in [-0.25, -0.2) is 0 Å². The summed E-state index contributed by atoms with van der Waals surface area (Å²) in [4.78, 5) is 2.66. The molecule has 19 heavy (non-hydrogen) atoms. The van der Waals surface area contributed by atoms with Gasteiger partial charge in [-0.05, 0) is 43.2 Å². The Morgan fingerprint density at radius 2 is 2.05 bits per heavy atom. The number of hydrogen-bond donors (Lipinski definition) is 1. The first-order valence-corrected chi connectivity index (χ1v) is 7.40. The van der Waals surface area contributed by atoms with Crippen molar-refractivity contribution in [3.8, 4) is 5.75 Å². The Balaban J connectivity index is 1.69. The molecule has 0 spiro atoms. The minimum absolute atomic E-state index is 0.540. The molecule has 3 nitrogen and oxygen atoms in total. The summed E-state index contributed by atoms with van der Waals surface area (Å²) in [5.41, 5.74) is 8.16. The van der Waals surface area contributed by atoms with E-state index in [1.54, 1.807) is 7.11 Å². The third-order valence-corrected chi connectivity index (χ3v) is 4.21. The molecule has 2 fully saturated rings. The summed E-state index contributed by atoms with van der Waals surface area (Å²) >= 11 is 0. The maximum absolute atomic E-state index is 5.72. The second-order valence-electron chi connectivity index (χ2n) is 5.95. The molecule has 0 amide bonds. The number of benzene rings is 1. The van der Waals surface area contributed by atoms with Crippen LogP contribution in [0.3, 0.4) is 0 Å². The van der Waals surface area contributed by atoms with Crippen molar-refractivity contribution < 1.29 is 4.74 Å². The summed E-state index contributed by atoms with van der Waals surface area (Å²) in [6, 6.07) is 7.30. The standard InChI is InChI=1S/C16H24N2O/c1-19-16-8-13(4-5-14(16)9-17)11-18(15-6-7-15)10-12-2-3-12/h4-5,8,12,15H,2-3,6-7,9-11,17H2,1H3. The van der Waals surface area contributed by atoms with Gasteiger partial charge in [0.2, 0.25) is 0 Å². The molecule has 2 N–H and O–H groups in total. The van der Waals surface area contributed by atoms with Crippen LogP contribution in [0.1, 0.15) is 36.8 Å². The van der Waals surface area contributed by atoms with E-state index in [0.29, 0.717) is 6.54 Å². The molecule has 0 bridgehead atoms. The van der Waals surface area contributed by atoms with Crippen molar-refractivity contribution in [1.29, 1.82) is 0 Å². The zero-order valence-electron chi connectivity index (χ0n) is 11.8. The number of nitrogens with two attached hydrogens (primary N) is 1. The van der Waals surface area contributed by atoms with Gasteiger partial charge in [-0.15, -0.1) is 0 Å². The molecule has 0 unspecified atom stereocenters. The lowest BCUT2D eigenvalue weighted by Crippen LogP contribution is -2.27. The lowest BCUT2D eigenvalue weighted by Gasteiger charge is -2.22. The molecule has 2 saturated carbocycles. The Morgan fingerprint density at radius 1 is 1.26 bits per heavy atom. The van der Waals surface area contributed by atoms with Crippen molar-refractivity contribution in [3.63, 3.8) is 0 Å². The van der Waals surface area contributed by atoms with Gasteiger partial charge < -0.3 is 10.5 Å². The Labute approximate surface area is 115 Å². The van der Waals surface area contributed by atoms with Crippen molar-refractivity contribution in [3.05, 3.63) is 29.3 Å². The van der Waals surface area contributed by atoms with Gasteiger partial charge in [-0.1, -0.05) is 12.1 Å². The fraction of sp³-hybridized carbons (Fsp3) is 0.625. The molecule has 0 saturated heterocycles. The average molecular weight is 260 g/mol. The Morgan fingerprint density at radius 3 is 2.63 bits per heavy atom. The van der Waals surface area contributed by atoms with Crippen molar-refractivity contribution in [1.82, 2.24) is 4.90 Å². The second-order valence-corrected chi connectivity index (χ2v) is 5.95. The monoisotopic (exact) mass is 260 g/mol. The minimum atomic E-state index is 0.540. The van der Waals surface area contributed by atoms with E-state index < -0.39 is 0 Å². The first kappa shape index (κ1) is 12.9. The van der Waals surface area contributed by atoms with E-state index in [2.05, 4.69) is 23.1 Å². The molecule has 0 heterocycles. The van der Waals surface area contributed by atoms with Gasteiger partial charge in [0.1, 0.15) is 5.75 Å². The van der Waals surface area contributed by atoms with E-state index in [0.717, 1.165) is 29.8 Å². The summed E-state index contributed by atoms with van der Waals surface area (Å²) in [7, 11) is 1.72. The summed E-state index contributed by atoms with van der Waals surface area (Å²) in [5.74, 6) is 1.90. The molecule has 0 aliphatic heterocycles. The highest BCUT2D eigenvalue weighted by molar-refractivity contribution is 5.37. The summed E-state index contributed by atoms with van der Waals surface area (Å²) in [6.07, 6.45) is 5.62. The largest absolute Gasteiger partial charge is 0.496 e. The molecule has 104 valence electrons. The van der Waals surface area contributed by atoms with E-state index in [-0.39, 0.29) is 0 Å². The van der Waals surface area contributed by atoms with Crippen molar-refractivity contribution >= 4 is 0 Å². The molecular weight excluding hydrogens is 236 g/mol. The van der Waals surface area contributed by atoms with Gasteiger partial charge in [-0.2, -0.15) is 0 Å². The predicted molar refractivity (Wildman–Crippen MR) is 77.0 cm³/mol. The highest BCUT2D eigenvalue weighted by atomic mass is 16.5. The van der Waals surface area contributed by atoms with Crippen LogP contribution in [0.4, 0.5) is 0 Å². The number of nitrogens with zero attached hydrogens (tertiary/aromatic N) is 1. The van der Waals surface area contributed by atoms with Crippen LogP contribution in [-0.2, 0) is 13.1 Å². The predicted octanol–water partition coefficient (Wildman–Crippen LogP) is 2.53. The fourth-order valence-electron chi connectivity index (χ4n) is 2.70. The second kappa shape index (κ2) is 5.51. The van der Waals surface area contributed by atoms with Crippen molar-refractivity contribution in [2.75, 3.05) is 13.7 Å². The van der Waals surface area contributed by atoms with Crippen LogP contribution in [0.25, 0.3) is 0 Å². The van der Waals surface area contributed by atoms with E-state index in [1.807, 2.05) is 0 Å². The molecule has 1 aromatic carbocycles. The molecule has 3 rings (SSSR count). The Bertz CT molecular complexity index is 438. The van der Waals surface area contributed by atoms with Crippen LogP contribution >= 0.6 is 0 Å². The highest BCUT2D eigenvalue weighted by Gasteiger charge is 2.33. The van der Waals surface area contributed by atoms with Crippen LogP contribution in [0, 0.1) is 5.92 Å². The summed E-state index contributed by atoms with van der Waals surface area (Å²) in [5, 5.41) is 0. The zero-order valence-corrected chi connectivity index (χ0v) is 11.8. The summed E-state index contributed by atoms with van der Waals surface area (Å²) < 4.78 is 5.43. The van der Waals surface area contributed by atoms with E-state index in [9.17, 15) is 0 Å². The zero-order chi connectivity index (χ0) is 13.2. The van der Waals surface area contributed by atoms with Gasteiger partial charge in [0, 0.05) is 31.2 Å². The quantitative estimate of drug-likeness (QED) is 0.818. The van der Waals surface area contributed by atoms with Crippen LogP contribution in [0.5, 0.6) is 5.75 Å². The number of hydrogen-bond acceptors (Lipinski definition) is 3. The van der Waals surface area contributed by atoms with Gasteiger partial charge >= 0.3 is 0 Å². The molecule has 1 aromatic rings. The SMILES string of the molecule is COc1cc(CN(CC2CC2)C2CC2)ccc1CN. The van der Waals surface area contributed by atoms with E-state index in [1.165, 1.54) is 37.8 Å². The lowest BCUT2D eigenvalue weighted by molar-refractivity contribution is 0.243. The first-order valence-electron chi connectivity index (χ1n) is 7.40. The smallest absolute Gasteiger partial charge is 0.123 e. The van der Waals surface area contributed by atoms with Crippen LogP contribution in [0.2, 0.25) is 0 Å². The third kappa shape index (κ3) is 3.28. The molecule has 2 aliphatic carbocycles. The molecule has 0 atom stereocenters.